The number of ether oxygens (including phenoxy) is 3. The molecule has 1 aromatic carbocycles. The third-order valence-corrected chi connectivity index (χ3v) is 3.25. The van der Waals surface area contributed by atoms with Gasteiger partial charge in [-0.2, -0.15) is 0 Å². The molecule has 1 N–H and O–H groups in total. The van der Waals surface area contributed by atoms with E-state index in [9.17, 15) is 14.7 Å². The molecular formula is C17H24O6. The Labute approximate surface area is 136 Å². The maximum Gasteiger partial charge on any atom is 0.306 e. The lowest BCUT2D eigenvalue weighted by atomic mass is 10.1. The van der Waals surface area contributed by atoms with Gasteiger partial charge in [0.25, 0.3) is 0 Å². The third kappa shape index (κ3) is 7.04. The zero-order valence-electron chi connectivity index (χ0n) is 13.7. The standard InChI is InChI=1S/C17H24O6/c1-3-22-17(20)11-10-13-14(18)7-6-8-15(13)23-12-5-4-9-16(19)21-2/h6-8,18H,3-5,9-12H2,1-2H3. The lowest BCUT2D eigenvalue weighted by molar-refractivity contribution is -0.143. The van der Waals surface area contributed by atoms with Crippen molar-refractivity contribution in [3.05, 3.63) is 23.8 Å². The SMILES string of the molecule is CCOC(=O)CCc1c(O)cccc1OCCCCC(=O)OC. The van der Waals surface area contributed by atoms with Crippen molar-refractivity contribution in [2.75, 3.05) is 20.3 Å². The number of phenols is 1. The van der Waals surface area contributed by atoms with Gasteiger partial charge in [0.05, 0.1) is 20.3 Å². The van der Waals surface area contributed by atoms with E-state index in [1.54, 1.807) is 25.1 Å². The van der Waals surface area contributed by atoms with Crippen LogP contribution in [0.25, 0.3) is 0 Å². The van der Waals surface area contributed by atoms with E-state index in [4.69, 9.17) is 9.47 Å². The number of rotatable bonds is 10. The van der Waals surface area contributed by atoms with Gasteiger partial charge in [-0.1, -0.05) is 6.07 Å². The predicted molar refractivity (Wildman–Crippen MR) is 84.4 cm³/mol. The average Bonchev–Trinajstić information content (AvgIpc) is 2.53. The van der Waals surface area contributed by atoms with Gasteiger partial charge >= 0.3 is 11.9 Å². The normalized spacial score (nSPS) is 10.2. The number of hydrogen-bond donors (Lipinski definition) is 1. The van der Waals surface area contributed by atoms with E-state index in [1.165, 1.54) is 7.11 Å². The molecule has 0 amide bonds. The fraction of sp³-hybridized carbons (Fsp3) is 0.529. The molecule has 0 aromatic heterocycles. The molecule has 0 spiro atoms. The lowest BCUT2D eigenvalue weighted by Gasteiger charge is -2.12. The van der Waals surface area contributed by atoms with Crippen LogP contribution < -0.4 is 4.74 Å². The molecule has 1 rings (SSSR count). The summed E-state index contributed by atoms with van der Waals surface area (Å²) in [4.78, 5) is 22.4. The second-order valence-electron chi connectivity index (χ2n) is 4.94. The molecule has 23 heavy (non-hydrogen) atoms. The largest absolute Gasteiger partial charge is 0.508 e. The lowest BCUT2D eigenvalue weighted by Crippen LogP contribution is -2.07. The quantitative estimate of drug-likeness (QED) is 0.526. The van der Waals surface area contributed by atoms with Crippen molar-refractivity contribution in [1.29, 1.82) is 0 Å². The molecule has 0 fully saturated rings. The van der Waals surface area contributed by atoms with Gasteiger partial charge in [-0.05, 0) is 38.3 Å². The van der Waals surface area contributed by atoms with E-state index in [1.807, 2.05) is 0 Å². The van der Waals surface area contributed by atoms with E-state index < -0.39 is 0 Å². The fourth-order valence-corrected chi connectivity index (χ4v) is 2.06. The zero-order chi connectivity index (χ0) is 17.1. The summed E-state index contributed by atoms with van der Waals surface area (Å²) in [5, 5.41) is 9.95. The van der Waals surface area contributed by atoms with Crippen LogP contribution in [0, 0.1) is 0 Å². The monoisotopic (exact) mass is 324 g/mol. The Morgan fingerprint density at radius 2 is 1.91 bits per heavy atom. The summed E-state index contributed by atoms with van der Waals surface area (Å²) in [7, 11) is 1.36. The first-order chi connectivity index (χ1) is 11.1. The van der Waals surface area contributed by atoms with E-state index in [2.05, 4.69) is 4.74 Å². The van der Waals surface area contributed by atoms with E-state index >= 15 is 0 Å². The molecule has 128 valence electrons. The molecule has 0 saturated heterocycles. The van der Waals surface area contributed by atoms with Gasteiger partial charge < -0.3 is 19.3 Å². The van der Waals surface area contributed by atoms with Gasteiger partial charge in [0.1, 0.15) is 11.5 Å². The number of aromatic hydroxyl groups is 1. The first kappa shape index (κ1) is 18.8. The number of unbranched alkanes of at least 4 members (excludes halogenated alkanes) is 1. The van der Waals surface area contributed by atoms with Crippen LogP contribution in [0.1, 0.15) is 38.2 Å². The number of carbonyl (C=O) groups is 2. The van der Waals surface area contributed by atoms with Crippen LogP contribution in [0.2, 0.25) is 0 Å². The van der Waals surface area contributed by atoms with Crippen LogP contribution in [-0.2, 0) is 25.5 Å². The molecule has 6 nitrogen and oxygen atoms in total. The molecule has 0 atom stereocenters. The van der Waals surface area contributed by atoms with Gasteiger partial charge in [-0.3, -0.25) is 9.59 Å². The highest BCUT2D eigenvalue weighted by Gasteiger charge is 2.12. The summed E-state index contributed by atoms with van der Waals surface area (Å²) in [6, 6.07) is 5.00. The van der Waals surface area contributed by atoms with E-state index in [-0.39, 0.29) is 24.1 Å². The Morgan fingerprint density at radius 1 is 1.13 bits per heavy atom. The first-order valence-corrected chi connectivity index (χ1v) is 7.74. The zero-order valence-corrected chi connectivity index (χ0v) is 13.7. The van der Waals surface area contributed by atoms with Gasteiger partial charge in [0.2, 0.25) is 0 Å². The van der Waals surface area contributed by atoms with Crippen LogP contribution in [0.4, 0.5) is 0 Å². The second kappa shape index (κ2) is 10.5. The molecule has 0 aliphatic carbocycles. The van der Waals surface area contributed by atoms with Gasteiger partial charge in [-0.15, -0.1) is 0 Å². The molecule has 6 heteroatoms. The summed E-state index contributed by atoms with van der Waals surface area (Å²) >= 11 is 0. The molecule has 0 aliphatic rings. The molecule has 0 aliphatic heterocycles. The van der Waals surface area contributed by atoms with E-state index in [0.29, 0.717) is 50.2 Å². The molecular weight excluding hydrogens is 300 g/mol. The van der Waals surface area contributed by atoms with Crippen LogP contribution >= 0.6 is 0 Å². The van der Waals surface area contributed by atoms with Crippen molar-refractivity contribution in [3.8, 4) is 11.5 Å². The van der Waals surface area contributed by atoms with Crippen molar-refractivity contribution in [1.82, 2.24) is 0 Å². The van der Waals surface area contributed by atoms with E-state index in [0.717, 1.165) is 0 Å². The Kier molecular flexibility index (Phi) is 8.57. The summed E-state index contributed by atoms with van der Waals surface area (Å²) in [6.45, 7) is 2.51. The summed E-state index contributed by atoms with van der Waals surface area (Å²) < 4.78 is 15.1. The molecule has 0 unspecified atom stereocenters. The predicted octanol–water partition coefficient (Wildman–Crippen LogP) is 2.61. The maximum absolute atomic E-state index is 11.4. The Balaban J connectivity index is 2.49. The third-order valence-electron chi connectivity index (χ3n) is 3.25. The van der Waals surface area contributed by atoms with Crippen LogP contribution in [-0.4, -0.2) is 37.4 Å². The number of benzene rings is 1. The Hall–Kier alpha value is -2.24. The first-order valence-electron chi connectivity index (χ1n) is 7.74. The highest BCUT2D eigenvalue weighted by atomic mass is 16.5. The van der Waals surface area contributed by atoms with Crippen molar-refractivity contribution < 1.29 is 28.9 Å². The fourth-order valence-electron chi connectivity index (χ4n) is 2.06. The molecule has 0 heterocycles. The number of phenolic OH excluding ortho intramolecular Hbond substituents is 1. The second-order valence-corrected chi connectivity index (χ2v) is 4.94. The smallest absolute Gasteiger partial charge is 0.306 e. The number of esters is 2. The highest BCUT2D eigenvalue weighted by Crippen LogP contribution is 2.29. The van der Waals surface area contributed by atoms with Gasteiger partial charge in [0.15, 0.2) is 0 Å². The Morgan fingerprint density at radius 3 is 2.61 bits per heavy atom. The minimum atomic E-state index is -0.306. The molecule has 0 radical (unpaired) electrons. The van der Waals surface area contributed by atoms with Gasteiger partial charge in [0, 0.05) is 18.4 Å². The maximum atomic E-state index is 11.4. The van der Waals surface area contributed by atoms with Crippen molar-refractivity contribution in [3.63, 3.8) is 0 Å². The van der Waals surface area contributed by atoms with Crippen LogP contribution in [0.5, 0.6) is 11.5 Å². The summed E-state index contributed by atoms with van der Waals surface area (Å²) in [6.07, 6.45) is 2.26. The van der Waals surface area contributed by atoms with Crippen LogP contribution in [0.15, 0.2) is 18.2 Å². The van der Waals surface area contributed by atoms with Gasteiger partial charge in [-0.25, -0.2) is 0 Å². The number of carbonyl (C=O) groups excluding carboxylic acids is 2. The van der Waals surface area contributed by atoms with Crippen LogP contribution in [0.3, 0.4) is 0 Å². The minimum absolute atomic E-state index is 0.0985. The highest BCUT2D eigenvalue weighted by molar-refractivity contribution is 5.70. The number of hydrogen-bond acceptors (Lipinski definition) is 6. The van der Waals surface area contributed by atoms with Crippen molar-refractivity contribution >= 4 is 11.9 Å². The Bertz CT molecular complexity index is 512. The topological polar surface area (TPSA) is 82.1 Å². The summed E-state index contributed by atoms with van der Waals surface area (Å²) in [5.74, 6) is 0.103. The molecule has 0 bridgehead atoms. The summed E-state index contributed by atoms with van der Waals surface area (Å²) in [5.41, 5.74) is 0.591. The van der Waals surface area contributed by atoms with Crippen molar-refractivity contribution in [2.24, 2.45) is 0 Å². The molecule has 0 saturated carbocycles. The average molecular weight is 324 g/mol. The minimum Gasteiger partial charge on any atom is -0.508 e. The number of methoxy groups -OCH3 is 1. The molecule has 1 aromatic rings. The van der Waals surface area contributed by atoms with Crippen molar-refractivity contribution in [2.45, 2.75) is 39.0 Å².